The van der Waals surface area contributed by atoms with Crippen molar-refractivity contribution in [1.29, 1.82) is 0 Å². The summed E-state index contributed by atoms with van der Waals surface area (Å²) in [6, 6.07) is 8.17. The summed E-state index contributed by atoms with van der Waals surface area (Å²) < 4.78 is 0. The highest BCUT2D eigenvalue weighted by molar-refractivity contribution is 6.09. The van der Waals surface area contributed by atoms with Crippen LogP contribution in [0.2, 0.25) is 0 Å². The average molecular weight is 327 g/mol. The van der Waals surface area contributed by atoms with Gasteiger partial charge in [0.05, 0.1) is 12.0 Å². The van der Waals surface area contributed by atoms with Gasteiger partial charge in [-0.25, -0.2) is 0 Å². The van der Waals surface area contributed by atoms with E-state index in [2.05, 4.69) is 12.1 Å². The number of para-hydroxylation sites is 1. The van der Waals surface area contributed by atoms with Gasteiger partial charge in [0.15, 0.2) is 0 Å². The Labute approximate surface area is 143 Å². The second-order valence-electron chi connectivity index (χ2n) is 7.76. The van der Waals surface area contributed by atoms with Gasteiger partial charge in [-0.2, -0.15) is 0 Å². The van der Waals surface area contributed by atoms with E-state index in [-0.39, 0.29) is 11.8 Å². The smallest absolute Gasteiger partial charge is 0.239 e. The number of amides is 2. The minimum atomic E-state index is -0.520. The van der Waals surface area contributed by atoms with Crippen LogP contribution in [0, 0.1) is 5.92 Å². The summed E-state index contributed by atoms with van der Waals surface area (Å²) in [6.45, 7) is 2.43. The van der Waals surface area contributed by atoms with Crippen LogP contribution in [0.5, 0.6) is 0 Å². The number of likely N-dealkylation sites (N-methyl/N-ethyl adjacent to an activating group) is 1. The van der Waals surface area contributed by atoms with E-state index in [0.29, 0.717) is 25.6 Å². The molecule has 5 nitrogen and oxygen atoms in total. The van der Waals surface area contributed by atoms with Crippen LogP contribution in [0.15, 0.2) is 24.3 Å². The van der Waals surface area contributed by atoms with E-state index in [1.165, 1.54) is 12.8 Å². The third-order valence-electron chi connectivity index (χ3n) is 5.58. The molecule has 0 bridgehead atoms. The van der Waals surface area contributed by atoms with Gasteiger partial charge in [0.25, 0.3) is 0 Å². The fraction of sp³-hybridized carbons (Fsp3) is 0.579. The Bertz CT molecular complexity index is 683. The minimum absolute atomic E-state index is 0.114. The molecule has 1 aromatic rings. The summed E-state index contributed by atoms with van der Waals surface area (Å²) >= 11 is 0. The highest BCUT2D eigenvalue weighted by Gasteiger charge is 2.55. The largest absolute Gasteiger partial charge is 0.340 e. The van der Waals surface area contributed by atoms with Crippen molar-refractivity contribution in [2.75, 3.05) is 45.2 Å². The maximum atomic E-state index is 13.3. The van der Waals surface area contributed by atoms with Gasteiger partial charge in [0.1, 0.15) is 0 Å². The Morgan fingerprint density at radius 2 is 2.04 bits per heavy atom. The van der Waals surface area contributed by atoms with Crippen molar-refractivity contribution in [2.45, 2.75) is 24.7 Å². The van der Waals surface area contributed by atoms with Crippen molar-refractivity contribution >= 4 is 17.5 Å². The lowest BCUT2D eigenvalue weighted by molar-refractivity contribution is -0.131. The molecular formula is C19H25N3O2. The van der Waals surface area contributed by atoms with Crippen molar-refractivity contribution in [1.82, 2.24) is 9.80 Å². The molecule has 1 aromatic carbocycles. The van der Waals surface area contributed by atoms with Crippen LogP contribution in [-0.2, 0) is 15.0 Å². The van der Waals surface area contributed by atoms with E-state index < -0.39 is 5.41 Å². The van der Waals surface area contributed by atoms with Crippen LogP contribution in [0.1, 0.15) is 24.8 Å². The van der Waals surface area contributed by atoms with Gasteiger partial charge in [-0.3, -0.25) is 9.59 Å². The molecule has 1 saturated carbocycles. The Kier molecular flexibility index (Phi) is 3.64. The number of rotatable bonds is 4. The quantitative estimate of drug-likeness (QED) is 0.841. The molecule has 2 heterocycles. The Morgan fingerprint density at radius 3 is 2.75 bits per heavy atom. The predicted octanol–water partition coefficient (Wildman–Crippen LogP) is 1.47. The number of benzene rings is 1. The number of likely N-dealkylation sites (tertiary alicyclic amines) is 1. The zero-order chi connectivity index (χ0) is 16.9. The molecule has 1 aliphatic carbocycles. The first-order valence-electron chi connectivity index (χ1n) is 8.85. The van der Waals surface area contributed by atoms with Crippen molar-refractivity contribution in [3.63, 3.8) is 0 Å². The summed E-state index contributed by atoms with van der Waals surface area (Å²) in [4.78, 5) is 31.5. The summed E-state index contributed by atoms with van der Waals surface area (Å²) in [5.74, 6) is 0.976. The van der Waals surface area contributed by atoms with E-state index >= 15 is 0 Å². The SMILES string of the molecule is CN(C)CC(=O)N1CCC2(C1)C(=O)N(CC1CC1)c1ccccc12. The first kappa shape index (κ1) is 15.6. The van der Waals surface area contributed by atoms with Gasteiger partial charge < -0.3 is 14.7 Å². The molecule has 2 fully saturated rings. The number of anilines is 1. The molecule has 5 heteroatoms. The van der Waals surface area contributed by atoms with Gasteiger partial charge in [-0.1, -0.05) is 18.2 Å². The Balaban J connectivity index is 1.63. The molecule has 2 aliphatic heterocycles. The summed E-state index contributed by atoms with van der Waals surface area (Å²) in [6.07, 6.45) is 3.20. The van der Waals surface area contributed by atoms with E-state index in [9.17, 15) is 9.59 Å². The zero-order valence-corrected chi connectivity index (χ0v) is 14.5. The molecule has 1 spiro atoms. The first-order chi connectivity index (χ1) is 11.5. The van der Waals surface area contributed by atoms with E-state index in [0.717, 1.165) is 24.2 Å². The predicted molar refractivity (Wildman–Crippen MR) is 92.9 cm³/mol. The monoisotopic (exact) mass is 327 g/mol. The number of hydrogen-bond acceptors (Lipinski definition) is 3. The standard InChI is InChI=1S/C19H25N3O2/c1-20(2)12-17(23)21-10-9-19(13-21)15-5-3-4-6-16(15)22(18(19)24)11-14-7-8-14/h3-6,14H,7-13H2,1-2H3. The van der Waals surface area contributed by atoms with Crippen molar-refractivity contribution in [3.05, 3.63) is 29.8 Å². The molecule has 0 aromatic heterocycles. The number of fused-ring (bicyclic) bond motifs is 2. The number of nitrogens with zero attached hydrogens (tertiary/aromatic N) is 3. The molecule has 4 rings (SSSR count). The Hall–Kier alpha value is -1.88. The molecule has 24 heavy (non-hydrogen) atoms. The molecule has 3 aliphatic rings. The summed E-state index contributed by atoms with van der Waals surface area (Å²) in [7, 11) is 3.80. The topological polar surface area (TPSA) is 43.9 Å². The van der Waals surface area contributed by atoms with Crippen LogP contribution in [-0.4, -0.2) is 61.9 Å². The minimum Gasteiger partial charge on any atom is -0.340 e. The number of carbonyl (C=O) groups is 2. The molecular weight excluding hydrogens is 302 g/mol. The van der Waals surface area contributed by atoms with Crippen molar-refractivity contribution in [3.8, 4) is 0 Å². The van der Waals surface area contributed by atoms with Crippen molar-refractivity contribution < 1.29 is 9.59 Å². The molecule has 0 N–H and O–H groups in total. The summed E-state index contributed by atoms with van der Waals surface area (Å²) in [5.41, 5.74) is 1.67. The molecule has 1 atom stereocenters. The third kappa shape index (κ3) is 2.42. The normalized spacial score (nSPS) is 25.9. The second-order valence-corrected chi connectivity index (χ2v) is 7.76. The van der Waals surface area contributed by atoms with Crippen LogP contribution in [0.4, 0.5) is 5.69 Å². The van der Waals surface area contributed by atoms with E-state index in [4.69, 9.17) is 0 Å². The first-order valence-corrected chi connectivity index (χ1v) is 8.85. The summed E-state index contributed by atoms with van der Waals surface area (Å²) in [5, 5.41) is 0. The number of carbonyl (C=O) groups excluding carboxylic acids is 2. The van der Waals surface area contributed by atoms with Gasteiger partial charge in [0.2, 0.25) is 11.8 Å². The highest BCUT2D eigenvalue weighted by Crippen LogP contribution is 2.48. The number of hydrogen-bond donors (Lipinski definition) is 0. The lowest BCUT2D eigenvalue weighted by atomic mass is 9.81. The second kappa shape index (κ2) is 5.59. The Morgan fingerprint density at radius 1 is 1.29 bits per heavy atom. The maximum Gasteiger partial charge on any atom is 0.239 e. The molecule has 1 saturated heterocycles. The average Bonchev–Trinajstić information content (AvgIpc) is 3.21. The third-order valence-corrected chi connectivity index (χ3v) is 5.58. The molecule has 128 valence electrons. The fourth-order valence-electron chi connectivity index (χ4n) is 4.12. The van der Waals surface area contributed by atoms with Gasteiger partial charge >= 0.3 is 0 Å². The molecule has 0 radical (unpaired) electrons. The van der Waals surface area contributed by atoms with E-state index in [1.54, 1.807) is 0 Å². The maximum absolute atomic E-state index is 13.3. The lowest BCUT2D eigenvalue weighted by Gasteiger charge is -2.25. The molecule has 2 amide bonds. The van der Waals surface area contributed by atoms with Crippen LogP contribution < -0.4 is 4.90 Å². The lowest BCUT2D eigenvalue weighted by Crippen LogP contribution is -2.45. The van der Waals surface area contributed by atoms with Crippen LogP contribution in [0.25, 0.3) is 0 Å². The van der Waals surface area contributed by atoms with Gasteiger partial charge in [-0.15, -0.1) is 0 Å². The van der Waals surface area contributed by atoms with Crippen LogP contribution >= 0.6 is 0 Å². The fourth-order valence-corrected chi connectivity index (χ4v) is 4.12. The molecule has 1 unspecified atom stereocenters. The highest BCUT2D eigenvalue weighted by atomic mass is 16.2. The van der Waals surface area contributed by atoms with Gasteiger partial charge in [-0.05, 0) is 50.9 Å². The van der Waals surface area contributed by atoms with Gasteiger partial charge in [0, 0.05) is 25.3 Å². The van der Waals surface area contributed by atoms with E-state index in [1.807, 2.05) is 40.9 Å². The van der Waals surface area contributed by atoms with Crippen LogP contribution in [0.3, 0.4) is 0 Å². The van der Waals surface area contributed by atoms with Crippen molar-refractivity contribution in [2.24, 2.45) is 5.92 Å². The zero-order valence-electron chi connectivity index (χ0n) is 14.5.